The largest absolute Gasteiger partial charge is 0.495 e. The number of carbonyl (C=O) groups excluding carboxylic acids is 1. The summed E-state index contributed by atoms with van der Waals surface area (Å²) in [7, 11) is 1.59. The first-order valence-corrected chi connectivity index (χ1v) is 5.38. The molecule has 4 heteroatoms. The number of ether oxygens (including phenoxy) is 1. The van der Waals surface area contributed by atoms with Gasteiger partial charge in [-0.05, 0) is 22.0 Å². The van der Waals surface area contributed by atoms with Crippen LogP contribution in [0.2, 0.25) is 0 Å². The smallest absolute Gasteiger partial charge is 0.173 e. The van der Waals surface area contributed by atoms with Gasteiger partial charge in [-0.25, -0.2) is 0 Å². The molecule has 1 aliphatic heterocycles. The quantitative estimate of drug-likeness (QED) is 0.785. The zero-order valence-corrected chi connectivity index (χ0v) is 10.0. The third-order valence-electron chi connectivity index (χ3n) is 2.39. The maximum Gasteiger partial charge on any atom is 0.173 e. The number of nitrogens with zero attached hydrogens (tertiary/aromatic N) is 1. The van der Waals surface area contributed by atoms with Gasteiger partial charge in [0.1, 0.15) is 5.75 Å². The molecule has 0 aliphatic carbocycles. The number of fused-ring (bicyclic) bond motifs is 1. The van der Waals surface area contributed by atoms with E-state index in [9.17, 15) is 4.79 Å². The monoisotopic (exact) mass is 267 g/mol. The summed E-state index contributed by atoms with van der Waals surface area (Å²) in [6.45, 7) is 1.84. The molecule has 78 valence electrons. The Morgan fingerprint density at radius 1 is 1.47 bits per heavy atom. The van der Waals surface area contributed by atoms with E-state index in [0.717, 1.165) is 4.47 Å². The van der Waals surface area contributed by atoms with Crippen molar-refractivity contribution in [2.75, 3.05) is 7.11 Å². The standard InChI is InChI=1S/C11H10BrNO2/c1-6-5-13-9-4-10(15-2)8(12)3-7(9)11(6)14/h3-6H,1-2H3. The van der Waals surface area contributed by atoms with Crippen LogP contribution in [0.4, 0.5) is 5.69 Å². The number of methoxy groups -OCH3 is 1. The SMILES string of the molecule is COc1cc2c(cc1Br)C(=O)C(C)C=N2. The first-order chi connectivity index (χ1) is 7.13. The zero-order valence-electron chi connectivity index (χ0n) is 8.45. The molecule has 0 spiro atoms. The van der Waals surface area contributed by atoms with E-state index < -0.39 is 0 Å². The fraction of sp³-hybridized carbons (Fsp3) is 0.273. The molecule has 0 saturated carbocycles. The number of hydrogen-bond donors (Lipinski definition) is 0. The van der Waals surface area contributed by atoms with E-state index in [-0.39, 0.29) is 11.7 Å². The molecule has 0 amide bonds. The summed E-state index contributed by atoms with van der Waals surface area (Å²) in [5.74, 6) is 0.648. The third-order valence-corrected chi connectivity index (χ3v) is 3.01. The summed E-state index contributed by atoms with van der Waals surface area (Å²) in [6.07, 6.45) is 1.66. The van der Waals surface area contributed by atoms with Crippen LogP contribution in [0.25, 0.3) is 0 Å². The van der Waals surface area contributed by atoms with Crippen molar-refractivity contribution < 1.29 is 9.53 Å². The summed E-state index contributed by atoms with van der Waals surface area (Å²) in [6, 6.07) is 3.53. The van der Waals surface area contributed by atoms with Gasteiger partial charge < -0.3 is 4.74 Å². The fourth-order valence-corrected chi connectivity index (χ4v) is 2.01. The Morgan fingerprint density at radius 3 is 2.87 bits per heavy atom. The minimum Gasteiger partial charge on any atom is -0.495 e. The van der Waals surface area contributed by atoms with Crippen molar-refractivity contribution in [3.8, 4) is 5.75 Å². The number of rotatable bonds is 1. The van der Waals surface area contributed by atoms with Crippen molar-refractivity contribution in [2.45, 2.75) is 6.92 Å². The minimum absolute atomic E-state index is 0.100. The van der Waals surface area contributed by atoms with Crippen LogP contribution in [0.15, 0.2) is 21.6 Å². The summed E-state index contributed by atoms with van der Waals surface area (Å²) in [4.78, 5) is 16.0. The Labute approximate surface area is 96.3 Å². The van der Waals surface area contributed by atoms with Crippen molar-refractivity contribution in [3.05, 3.63) is 22.2 Å². The summed E-state index contributed by atoms with van der Waals surface area (Å²) in [5, 5.41) is 0. The van der Waals surface area contributed by atoms with Gasteiger partial charge in [-0.15, -0.1) is 0 Å². The molecule has 0 N–H and O–H groups in total. The van der Waals surface area contributed by atoms with Gasteiger partial charge in [0.2, 0.25) is 0 Å². The molecule has 0 aromatic heterocycles. The number of benzene rings is 1. The third kappa shape index (κ3) is 1.69. The van der Waals surface area contributed by atoms with Crippen molar-refractivity contribution in [1.82, 2.24) is 0 Å². The van der Waals surface area contributed by atoms with E-state index in [1.54, 1.807) is 25.5 Å². The number of Topliss-reactive ketones (excluding diaryl/α,β-unsaturated/α-hetero) is 1. The molecule has 1 aliphatic rings. The Morgan fingerprint density at radius 2 is 2.20 bits per heavy atom. The van der Waals surface area contributed by atoms with Crippen LogP contribution in [0.1, 0.15) is 17.3 Å². The molecule has 0 fully saturated rings. The summed E-state index contributed by atoms with van der Waals surface area (Å²) < 4.78 is 5.92. The molecular weight excluding hydrogens is 258 g/mol. The zero-order chi connectivity index (χ0) is 11.0. The van der Waals surface area contributed by atoms with Crippen LogP contribution in [0.3, 0.4) is 0 Å². The lowest BCUT2D eigenvalue weighted by Gasteiger charge is -2.15. The predicted octanol–water partition coefficient (Wildman–Crippen LogP) is 2.99. The van der Waals surface area contributed by atoms with E-state index in [1.807, 2.05) is 6.92 Å². The van der Waals surface area contributed by atoms with Gasteiger partial charge >= 0.3 is 0 Å². The van der Waals surface area contributed by atoms with Crippen LogP contribution in [0.5, 0.6) is 5.75 Å². The fourth-order valence-electron chi connectivity index (χ4n) is 1.51. The Kier molecular flexibility index (Phi) is 2.61. The van der Waals surface area contributed by atoms with Gasteiger partial charge in [-0.3, -0.25) is 9.79 Å². The van der Waals surface area contributed by atoms with Crippen LogP contribution >= 0.6 is 15.9 Å². The Hall–Kier alpha value is -1.16. The van der Waals surface area contributed by atoms with E-state index in [2.05, 4.69) is 20.9 Å². The molecule has 1 heterocycles. The number of ketones is 1. The molecule has 3 nitrogen and oxygen atoms in total. The highest BCUT2D eigenvalue weighted by atomic mass is 79.9. The maximum absolute atomic E-state index is 11.8. The lowest BCUT2D eigenvalue weighted by molar-refractivity contribution is 0.0962. The van der Waals surface area contributed by atoms with E-state index >= 15 is 0 Å². The number of aliphatic imine (C=N–C) groups is 1. The summed E-state index contributed by atoms with van der Waals surface area (Å²) >= 11 is 3.35. The summed E-state index contributed by atoms with van der Waals surface area (Å²) in [5.41, 5.74) is 1.33. The highest BCUT2D eigenvalue weighted by molar-refractivity contribution is 9.10. The maximum atomic E-state index is 11.8. The van der Waals surface area contributed by atoms with Crippen LogP contribution < -0.4 is 4.74 Å². The normalized spacial score (nSPS) is 18.9. The van der Waals surface area contributed by atoms with E-state index in [1.165, 1.54) is 0 Å². The van der Waals surface area contributed by atoms with Gasteiger partial charge in [0, 0.05) is 17.8 Å². The Bertz CT molecular complexity index is 454. The van der Waals surface area contributed by atoms with Crippen molar-refractivity contribution >= 4 is 33.6 Å². The number of carbonyl (C=O) groups is 1. The van der Waals surface area contributed by atoms with Crippen molar-refractivity contribution in [2.24, 2.45) is 10.9 Å². The second kappa shape index (κ2) is 3.77. The van der Waals surface area contributed by atoms with Gasteiger partial charge in [0.25, 0.3) is 0 Å². The molecule has 0 saturated heterocycles. The molecule has 1 unspecified atom stereocenters. The van der Waals surface area contributed by atoms with E-state index in [4.69, 9.17) is 4.74 Å². The number of halogens is 1. The van der Waals surface area contributed by atoms with Gasteiger partial charge in [-0.2, -0.15) is 0 Å². The number of hydrogen-bond acceptors (Lipinski definition) is 3. The highest BCUT2D eigenvalue weighted by Crippen LogP contribution is 2.35. The molecule has 1 atom stereocenters. The van der Waals surface area contributed by atoms with Gasteiger partial charge in [0.15, 0.2) is 5.78 Å². The van der Waals surface area contributed by atoms with Gasteiger partial charge in [0.05, 0.1) is 23.2 Å². The molecule has 1 aromatic rings. The topological polar surface area (TPSA) is 38.7 Å². The lowest BCUT2D eigenvalue weighted by Crippen LogP contribution is -2.16. The van der Waals surface area contributed by atoms with Crippen molar-refractivity contribution in [1.29, 1.82) is 0 Å². The molecule has 0 bridgehead atoms. The second-order valence-corrected chi connectivity index (χ2v) is 4.29. The molecular formula is C11H10BrNO2. The van der Waals surface area contributed by atoms with E-state index in [0.29, 0.717) is 17.0 Å². The average Bonchev–Trinajstić information content (AvgIpc) is 2.24. The molecule has 1 aromatic carbocycles. The second-order valence-electron chi connectivity index (χ2n) is 3.43. The van der Waals surface area contributed by atoms with Crippen LogP contribution in [-0.4, -0.2) is 19.1 Å². The predicted molar refractivity (Wildman–Crippen MR) is 62.3 cm³/mol. The minimum atomic E-state index is -0.141. The van der Waals surface area contributed by atoms with Crippen LogP contribution in [0, 0.1) is 5.92 Å². The highest BCUT2D eigenvalue weighted by Gasteiger charge is 2.22. The van der Waals surface area contributed by atoms with Crippen LogP contribution in [-0.2, 0) is 0 Å². The lowest BCUT2D eigenvalue weighted by atomic mass is 9.96. The van der Waals surface area contributed by atoms with Gasteiger partial charge in [-0.1, -0.05) is 6.92 Å². The average molecular weight is 268 g/mol. The van der Waals surface area contributed by atoms with Crippen molar-refractivity contribution in [3.63, 3.8) is 0 Å². The molecule has 15 heavy (non-hydrogen) atoms. The molecule has 2 rings (SSSR count). The Balaban J connectivity index is 2.59. The first-order valence-electron chi connectivity index (χ1n) is 4.59. The first kappa shape index (κ1) is 10.4. The molecule has 0 radical (unpaired) electrons.